The Morgan fingerprint density at radius 2 is 1.60 bits per heavy atom. The second kappa shape index (κ2) is 12.5. The number of rotatable bonds is 10. The summed E-state index contributed by atoms with van der Waals surface area (Å²) in [4.78, 5) is 36.3. The van der Waals surface area contributed by atoms with Crippen molar-refractivity contribution in [3.8, 4) is 0 Å². The van der Waals surface area contributed by atoms with Crippen LogP contribution in [0.2, 0.25) is 0 Å². The fraction of sp³-hybridized carbons (Fsp3) is 0.318. The molecule has 0 saturated carbocycles. The number of carbonyl (C=O) groups is 3. The largest absolute Gasteiger partial charge is 0.464 e. The van der Waals surface area contributed by atoms with Crippen LogP contribution in [0.4, 0.5) is 10.5 Å². The van der Waals surface area contributed by atoms with Crippen LogP contribution in [0.15, 0.2) is 54.6 Å². The maximum absolute atomic E-state index is 12.4. The van der Waals surface area contributed by atoms with Crippen LogP contribution in [0.25, 0.3) is 0 Å². The highest BCUT2D eigenvalue weighted by Gasteiger charge is 2.22. The molecule has 0 bridgehead atoms. The normalized spacial score (nSPS) is 11.3. The number of urea groups is 1. The van der Waals surface area contributed by atoms with E-state index in [0.717, 1.165) is 11.3 Å². The number of esters is 2. The molecular formula is C22H26N2O5S. The summed E-state index contributed by atoms with van der Waals surface area (Å²) in [6, 6.07) is 14.9. The minimum Gasteiger partial charge on any atom is -0.464 e. The Bertz CT molecular complexity index is 827. The van der Waals surface area contributed by atoms with E-state index in [1.807, 2.05) is 30.3 Å². The van der Waals surface area contributed by atoms with Crippen molar-refractivity contribution in [3.63, 3.8) is 0 Å². The van der Waals surface area contributed by atoms with Crippen LogP contribution >= 0.6 is 11.8 Å². The fourth-order valence-corrected chi connectivity index (χ4v) is 3.51. The van der Waals surface area contributed by atoms with E-state index in [0.29, 0.717) is 23.6 Å². The van der Waals surface area contributed by atoms with Crippen LogP contribution < -0.4 is 10.6 Å². The van der Waals surface area contributed by atoms with Gasteiger partial charge in [-0.3, -0.25) is 0 Å². The minimum atomic E-state index is -0.780. The minimum absolute atomic E-state index is 0.233. The van der Waals surface area contributed by atoms with Crippen LogP contribution in [0.3, 0.4) is 0 Å². The van der Waals surface area contributed by atoms with E-state index in [4.69, 9.17) is 9.47 Å². The van der Waals surface area contributed by atoms with Crippen molar-refractivity contribution in [3.05, 3.63) is 65.7 Å². The van der Waals surface area contributed by atoms with Gasteiger partial charge in [0, 0.05) is 17.2 Å². The van der Waals surface area contributed by atoms with Crippen LogP contribution in [-0.4, -0.2) is 43.0 Å². The molecule has 0 radical (unpaired) electrons. The predicted molar refractivity (Wildman–Crippen MR) is 118 cm³/mol. The second-order valence-electron chi connectivity index (χ2n) is 6.20. The molecule has 0 aliphatic carbocycles. The van der Waals surface area contributed by atoms with E-state index in [1.54, 1.807) is 38.1 Å². The number of nitrogens with one attached hydrogen (secondary N) is 2. The Kier molecular flexibility index (Phi) is 9.73. The Morgan fingerprint density at radius 3 is 2.23 bits per heavy atom. The number of carbonyl (C=O) groups excluding carboxylic acids is 3. The topological polar surface area (TPSA) is 93.7 Å². The SMILES string of the molecule is CCOC(=O)c1ccc(NC(=O)NC(CSCc2ccccc2)C(=O)OCC)cc1. The van der Waals surface area contributed by atoms with Crippen LogP contribution in [0.1, 0.15) is 29.8 Å². The van der Waals surface area contributed by atoms with Crippen molar-refractivity contribution in [1.82, 2.24) is 5.32 Å². The second-order valence-corrected chi connectivity index (χ2v) is 7.23. The summed E-state index contributed by atoms with van der Waals surface area (Å²) in [6.07, 6.45) is 0. The monoisotopic (exact) mass is 430 g/mol. The molecule has 0 heterocycles. The summed E-state index contributed by atoms with van der Waals surface area (Å²) in [7, 11) is 0. The van der Waals surface area contributed by atoms with E-state index < -0.39 is 24.0 Å². The molecule has 0 fully saturated rings. The van der Waals surface area contributed by atoms with Crippen molar-refractivity contribution >= 4 is 35.4 Å². The summed E-state index contributed by atoms with van der Waals surface area (Å²) < 4.78 is 10.0. The van der Waals surface area contributed by atoms with Gasteiger partial charge in [-0.15, -0.1) is 0 Å². The molecule has 0 aliphatic heterocycles. The number of benzene rings is 2. The molecule has 2 N–H and O–H groups in total. The van der Waals surface area contributed by atoms with Gasteiger partial charge in [0.25, 0.3) is 0 Å². The highest BCUT2D eigenvalue weighted by Crippen LogP contribution is 2.14. The van der Waals surface area contributed by atoms with Crippen molar-refractivity contribution < 1.29 is 23.9 Å². The van der Waals surface area contributed by atoms with Crippen LogP contribution in [-0.2, 0) is 20.0 Å². The zero-order valence-electron chi connectivity index (χ0n) is 17.1. The smallest absolute Gasteiger partial charge is 0.338 e. The number of amides is 2. The van der Waals surface area contributed by atoms with E-state index in [1.165, 1.54) is 11.8 Å². The third-order valence-corrected chi connectivity index (χ3v) is 5.03. The molecule has 2 aromatic rings. The third kappa shape index (κ3) is 7.79. The van der Waals surface area contributed by atoms with Crippen molar-refractivity contribution in [1.29, 1.82) is 0 Å². The lowest BCUT2D eigenvalue weighted by molar-refractivity contribution is -0.144. The summed E-state index contributed by atoms with van der Waals surface area (Å²) in [5.74, 6) is 0.190. The van der Waals surface area contributed by atoms with Crippen LogP contribution in [0, 0.1) is 0 Å². The first-order valence-electron chi connectivity index (χ1n) is 9.66. The number of ether oxygens (including phenoxy) is 2. The lowest BCUT2D eigenvalue weighted by Crippen LogP contribution is -2.45. The number of anilines is 1. The first-order chi connectivity index (χ1) is 14.5. The average molecular weight is 431 g/mol. The van der Waals surface area contributed by atoms with Gasteiger partial charge in [-0.05, 0) is 43.7 Å². The summed E-state index contributed by atoms with van der Waals surface area (Å²) in [6.45, 7) is 3.98. The zero-order chi connectivity index (χ0) is 21.8. The Morgan fingerprint density at radius 1 is 0.933 bits per heavy atom. The zero-order valence-corrected chi connectivity index (χ0v) is 17.9. The van der Waals surface area contributed by atoms with Gasteiger partial charge < -0.3 is 20.1 Å². The maximum Gasteiger partial charge on any atom is 0.338 e. The molecular weight excluding hydrogens is 404 g/mol. The molecule has 0 aliphatic rings. The van der Waals surface area contributed by atoms with Crippen molar-refractivity contribution in [2.75, 3.05) is 24.3 Å². The van der Waals surface area contributed by atoms with E-state index in [9.17, 15) is 14.4 Å². The Labute approximate surface area is 180 Å². The standard InChI is InChI=1S/C22H26N2O5S/c1-3-28-20(25)17-10-12-18(13-11-17)23-22(27)24-19(21(26)29-4-2)15-30-14-16-8-6-5-7-9-16/h5-13,19H,3-4,14-15H2,1-2H3,(H2,23,24,27). The molecule has 0 aromatic heterocycles. The van der Waals surface area contributed by atoms with Gasteiger partial charge in [0.05, 0.1) is 18.8 Å². The van der Waals surface area contributed by atoms with Gasteiger partial charge >= 0.3 is 18.0 Å². The molecule has 30 heavy (non-hydrogen) atoms. The summed E-state index contributed by atoms with van der Waals surface area (Å²) in [5.41, 5.74) is 2.01. The van der Waals surface area contributed by atoms with Crippen LogP contribution in [0.5, 0.6) is 0 Å². The number of thioether (sulfide) groups is 1. The highest BCUT2D eigenvalue weighted by atomic mass is 32.2. The van der Waals surface area contributed by atoms with Gasteiger partial charge in [-0.2, -0.15) is 11.8 Å². The van der Waals surface area contributed by atoms with Gasteiger partial charge in [0.1, 0.15) is 6.04 Å². The molecule has 0 spiro atoms. The first kappa shape index (κ1) is 23.3. The Balaban J connectivity index is 1.91. The lowest BCUT2D eigenvalue weighted by Gasteiger charge is -2.17. The predicted octanol–water partition coefficient (Wildman–Crippen LogP) is 3.85. The molecule has 7 nitrogen and oxygen atoms in total. The molecule has 2 aromatic carbocycles. The quantitative estimate of drug-likeness (QED) is 0.556. The fourth-order valence-electron chi connectivity index (χ4n) is 2.51. The average Bonchev–Trinajstić information content (AvgIpc) is 2.74. The van der Waals surface area contributed by atoms with Crippen molar-refractivity contribution in [2.24, 2.45) is 0 Å². The van der Waals surface area contributed by atoms with Gasteiger partial charge in [-0.1, -0.05) is 30.3 Å². The summed E-state index contributed by atoms with van der Waals surface area (Å²) >= 11 is 1.53. The first-order valence-corrected chi connectivity index (χ1v) is 10.8. The molecule has 0 saturated heterocycles. The van der Waals surface area contributed by atoms with Crippen molar-refractivity contribution in [2.45, 2.75) is 25.6 Å². The summed E-state index contributed by atoms with van der Waals surface area (Å²) in [5, 5.41) is 5.31. The van der Waals surface area contributed by atoms with E-state index in [-0.39, 0.29) is 6.61 Å². The molecule has 8 heteroatoms. The highest BCUT2D eigenvalue weighted by molar-refractivity contribution is 7.98. The Hall–Kier alpha value is -3.00. The molecule has 2 amide bonds. The number of hydrogen-bond acceptors (Lipinski definition) is 6. The van der Waals surface area contributed by atoms with E-state index in [2.05, 4.69) is 10.6 Å². The molecule has 1 atom stereocenters. The van der Waals surface area contributed by atoms with E-state index >= 15 is 0 Å². The lowest BCUT2D eigenvalue weighted by atomic mass is 10.2. The third-order valence-electron chi connectivity index (χ3n) is 3.93. The van der Waals surface area contributed by atoms with Gasteiger partial charge in [0.15, 0.2) is 0 Å². The van der Waals surface area contributed by atoms with Gasteiger partial charge in [0.2, 0.25) is 0 Å². The maximum atomic E-state index is 12.4. The molecule has 2 rings (SSSR count). The van der Waals surface area contributed by atoms with Gasteiger partial charge in [-0.25, -0.2) is 14.4 Å². The molecule has 160 valence electrons. The number of hydrogen-bond donors (Lipinski definition) is 2. The molecule has 1 unspecified atom stereocenters.